The Bertz CT molecular complexity index is 1380. The van der Waals surface area contributed by atoms with Gasteiger partial charge in [0.15, 0.2) is 0 Å². The van der Waals surface area contributed by atoms with Gasteiger partial charge in [0.2, 0.25) is 6.10 Å². The van der Waals surface area contributed by atoms with E-state index in [9.17, 15) is 14.4 Å². The maximum absolute atomic E-state index is 13.4. The molecule has 0 N–H and O–H groups in total. The monoisotopic (exact) mass is 511 g/mol. The number of benzene rings is 3. The summed E-state index contributed by atoms with van der Waals surface area (Å²) >= 11 is 0. The molecule has 0 fully saturated rings. The third-order valence-electron chi connectivity index (χ3n) is 5.87. The van der Waals surface area contributed by atoms with E-state index in [-0.39, 0.29) is 31.0 Å². The summed E-state index contributed by atoms with van der Waals surface area (Å²) in [5.41, 5.74) is 3.02. The maximum Gasteiger partial charge on any atom is 0.354 e. The summed E-state index contributed by atoms with van der Waals surface area (Å²) in [5.74, 6) is -1.98. The summed E-state index contributed by atoms with van der Waals surface area (Å²) in [6.07, 6.45) is -1.44. The predicted octanol–water partition coefficient (Wildman–Crippen LogP) is 5.84. The summed E-state index contributed by atoms with van der Waals surface area (Å²) in [7, 11) is 0. The molecule has 0 aliphatic rings. The van der Waals surface area contributed by atoms with E-state index in [0.717, 1.165) is 11.1 Å². The molecule has 1 atom stereocenters. The quantitative estimate of drug-likeness (QED) is 0.196. The van der Waals surface area contributed by atoms with Crippen LogP contribution in [-0.4, -0.2) is 35.7 Å². The topological polar surface area (TPSA) is 83.8 Å². The summed E-state index contributed by atoms with van der Waals surface area (Å²) in [6.45, 7) is 3.90. The van der Waals surface area contributed by atoms with Gasteiger partial charge in [0.25, 0.3) is 0 Å². The number of carbonyl (C=O) groups excluding carboxylic acids is 3. The van der Waals surface area contributed by atoms with Crippen molar-refractivity contribution in [2.24, 2.45) is 0 Å². The van der Waals surface area contributed by atoms with E-state index in [2.05, 4.69) is 0 Å². The van der Waals surface area contributed by atoms with Crippen molar-refractivity contribution in [1.82, 2.24) is 4.57 Å². The molecule has 1 heterocycles. The molecule has 3 aromatic carbocycles. The molecule has 1 unspecified atom stereocenters. The Labute approximate surface area is 221 Å². The minimum Gasteiger partial charge on any atom is -0.463 e. The van der Waals surface area contributed by atoms with Crippen LogP contribution in [-0.2, 0) is 25.5 Å². The largest absolute Gasteiger partial charge is 0.463 e. The molecule has 4 aromatic rings. The molecule has 0 radical (unpaired) electrons. The highest BCUT2D eigenvalue weighted by Gasteiger charge is 2.35. The Morgan fingerprint density at radius 2 is 1.32 bits per heavy atom. The Hall–Kier alpha value is -4.65. The Morgan fingerprint density at radius 1 is 0.737 bits per heavy atom. The lowest BCUT2D eigenvalue weighted by atomic mass is 10.0. The van der Waals surface area contributed by atoms with Crippen molar-refractivity contribution in [3.63, 3.8) is 0 Å². The summed E-state index contributed by atoms with van der Waals surface area (Å²) in [4.78, 5) is 39.7. The molecule has 7 heteroatoms. The molecule has 0 bridgehead atoms. The van der Waals surface area contributed by atoms with Crippen LogP contribution in [0.3, 0.4) is 0 Å². The maximum atomic E-state index is 13.4. The second-order valence-electron chi connectivity index (χ2n) is 8.39. The van der Waals surface area contributed by atoms with Gasteiger partial charge in [-0.1, -0.05) is 78.9 Å². The van der Waals surface area contributed by atoms with Crippen LogP contribution < -0.4 is 0 Å². The number of hydrogen-bond donors (Lipinski definition) is 0. The highest BCUT2D eigenvalue weighted by Crippen LogP contribution is 2.36. The summed E-state index contributed by atoms with van der Waals surface area (Å²) in [6, 6.07) is 28.9. The zero-order valence-electron chi connectivity index (χ0n) is 21.3. The molecule has 0 amide bonds. The third-order valence-corrected chi connectivity index (χ3v) is 5.87. The molecular formula is C31H29NO6. The van der Waals surface area contributed by atoms with Crippen LogP contribution >= 0.6 is 0 Å². The first-order valence-corrected chi connectivity index (χ1v) is 12.5. The number of rotatable bonds is 10. The van der Waals surface area contributed by atoms with Crippen LogP contribution in [0.15, 0.2) is 97.1 Å². The normalized spacial score (nSPS) is 11.4. The first-order chi connectivity index (χ1) is 18.5. The minimum absolute atomic E-state index is 0.0863. The lowest BCUT2D eigenvalue weighted by Gasteiger charge is -2.22. The molecule has 0 aliphatic heterocycles. The Morgan fingerprint density at radius 3 is 1.92 bits per heavy atom. The number of ether oxygens (including phenoxy) is 3. The third kappa shape index (κ3) is 6.00. The van der Waals surface area contributed by atoms with Crippen LogP contribution in [0.2, 0.25) is 0 Å². The van der Waals surface area contributed by atoms with Gasteiger partial charge in [-0.2, -0.15) is 0 Å². The molecule has 0 spiro atoms. The fourth-order valence-corrected chi connectivity index (χ4v) is 4.19. The smallest absolute Gasteiger partial charge is 0.354 e. The van der Waals surface area contributed by atoms with Crippen molar-refractivity contribution in [2.75, 3.05) is 13.2 Å². The second-order valence-corrected chi connectivity index (χ2v) is 8.39. The molecule has 0 aliphatic carbocycles. The Kier molecular flexibility index (Phi) is 8.72. The van der Waals surface area contributed by atoms with E-state index < -0.39 is 24.0 Å². The summed E-state index contributed by atoms with van der Waals surface area (Å²) in [5, 5.41) is 0. The highest BCUT2D eigenvalue weighted by atomic mass is 16.6. The predicted molar refractivity (Wildman–Crippen MR) is 143 cm³/mol. The van der Waals surface area contributed by atoms with Crippen molar-refractivity contribution in [3.05, 3.63) is 120 Å². The van der Waals surface area contributed by atoms with Crippen molar-refractivity contribution in [2.45, 2.75) is 26.5 Å². The zero-order valence-corrected chi connectivity index (χ0v) is 21.3. The van der Waals surface area contributed by atoms with Crippen LogP contribution in [0.25, 0.3) is 11.1 Å². The first-order valence-electron chi connectivity index (χ1n) is 12.5. The SMILES string of the molecule is CCOC(=O)c1cc(-c2ccccc2)c(C(OC(=O)c2ccccc2)C(=O)OCC)n1Cc1ccccc1. The molecule has 1 aromatic heterocycles. The Balaban J connectivity index is 1.94. The van der Waals surface area contributed by atoms with Gasteiger partial charge >= 0.3 is 17.9 Å². The fraction of sp³-hybridized carbons (Fsp3) is 0.194. The second kappa shape index (κ2) is 12.5. The van der Waals surface area contributed by atoms with E-state index in [4.69, 9.17) is 14.2 Å². The van der Waals surface area contributed by atoms with Crippen molar-refractivity contribution in [3.8, 4) is 11.1 Å². The van der Waals surface area contributed by atoms with E-state index in [1.807, 2.05) is 60.7 Å². The van der Waals surface area contributed by atoms with E-state index in [1.54, 1.807) is 54.8 Å². The molecule has 38 heavy (non-hydrogen) atoms. The molecule has 194 valence electrons. The van der Waals surface area contributed by atoms with Gasteiger partial charge in [-0.25, -0.2) is 14.4 Å². The van der Waals surface area contributed by atoms with Gasteiger partial charge in [-0.05, 0) is 43.2 Å². The van der Waals surface area contributed by atoms with Crippen molar-refractivity contribution < 1.29 is 28.6 Å². The summed E-state index contributed by atoms with van der Waals surface area (Å²) < 4.78 is 18.2. The lowest BCUT2D eigenvalue weighted by molar-refractivity contribution is -0.154. The van der Waals surface area contributed by atoms with Crippen molar-refractivity contribution in [1.29, 1.82) is 0 Å². The van der Waals surface area contributed by atoms with E-state index in [1.165, 1.54) is 0 Å². The lowest BCUT2D eigenvalue weighted by Crippen LogP contribution is -2.26. The first kappa shape index (κ1) is 26.4. The zero-order chi connectivity index (χ0) is 26.9. The molecule has 4 rings (SSSR count). The molecular weight excluding hydrogens is 482 g/mol. The molecule has 0 saturated carbocycles. The number of aromatic nitrogens is 1. The number of esters is 3. The average Bonchev–Trinajstić information content (AvgIpc) is 3.32. The number of carbonyl (C=O) groups is 3. The average molecular weight is 512 g/mol. The van der Waals surface area contributed by atoms with Gasteiger partial charge in [0, 0.05) is 12.1 Å². The van der Waals surface area contributed by atoms with Gasteiger partial charge in [-0.3, -0.25) is 0 Å². The van der Waals surface area contributed by atoms with E-state index >= 15 is 0 Å². The van der Waals surface area contributed by atoms with Gasteiger partial charge < -0.3 is 18.8 Å². The number of nitrogens with zero attached hydrogens (tertiary/aromatic N) is 1. The standard InChI is InChI=1S/C31H29NO6/c1-3-36-30(34)26-20-25(23-16-10-6-11-17-23)27(32(26)21-22-14-8-5-9-15-22)28(31(35)37-4-2)38-29(33)24-18-12-7-13-19-24/h5-20,28H,3-4,21H2,1-2H3. The molecule has 7 nitrogen and oxygen atoms in total. The van der Waals surface area contributed by atoms with Gasteiger partial charge in [0.05, 0.1) is 24.5 Å². The minimum atomic E-state index is -1.44. The van der Waals surface area contributed by atoms with Crippen LogP contribution in [0.5, 0.6) is 0 Å². The van der Waals surface area contributed by atoms with E-state index in [0.29, 0.717) is 11.3 Å². The number of hydrogen-bond acceptors (Lipinski definition) is 6. The highest BCUT2D eigenvalue weighted by molar-refractivity contribution is 5.94. The van der Waals surface area contributed by atoms with Gasteiger partial charge in [0.1, 0.15) is 5.69 Å². The van der Waals surface area contributed by atoms with Crippen LogP contribution in [0, 0.1) is 0 Å². The van der Waals surface area contributed by atoms with Gasteiger partial charge in [-0.15, -0.1) is 0 Å². The fourth-order valence-electron chi connectivity index (χ4n) is 4.19. The van der Waals surface area contributed by atoms with Crippen LogP contribution in [0.4, 0.5) is 0 Å². The van der Waals surface area contributed by atoms with Crippen LogP contribution in [0.1, 0.15) is 52.1 Å². The molecule has 0 saturated heterocycles. The van der Waals surface area contributed by atoms with Crippen molar-refractivity contribution >= 4 is 17.9 Å².